The van der Waals surface area contributed by atoms with Gasteiger partial charge in [0.2, 0.25) is 0 Å². The summed E-state index contributed by atoms with van der Waals surface area (Å²) in [7, 11) is 0. The molecule has 6 heteroatoms. The second kappa shape index (κ2) is 7.40. The molecule has 1 aromatic carbocycles. The van der Waals surface area contributed by atoms with Gasteiger partial charge in [0, 0.05) is 42.7 Å². The second-order valence-corrected chi connectivity index (χ2v) is 10.8. The van der Waals surface area contributed by atoms with Gasteiger partial charge in [-0.05, 0) is 35.4 Å². The third-order valence-electron chi connectivity index (χ3n) is 6.27. The van der Waals surface area contributed by atoms with Gasteiger partial charge in [-0.3, -0.25) is 9.59 Å². The molecule has 0 radical (unpaired) electrons. The maximum absolute atomic E-state index is 13.3. The molecule has 0 spiro atoms. The smallest absolute Gasteiger partial charge is 0.176 e. The molecular formula is C25H29ClO5. The molecule has 0 amide bonds. The molecule has 1 heterocycles. The zero-order chi connectivity index (χ0) is 22.7. The minimum Gasteiger partial charge on any atom is -0.503 e. The normalized spacial score (nSPS) is 22.8. The minimum absolute atomic E-state index is 0.0115. The van der Waals surface area contributed by atoms with Crippen LogP contribution in [0.1, 0.15) is 71.8 Å². The first-order valence-corrected chi connectivity index (χ1v) is 11.2. The van der Waals surface area contributed by atoms with Gasteiger partial charge in [-0.25, -0.2) is 0 Å². The lowest BCUT2D eigenvalue weighted by molar-refractivity contribution is -0.120. The van der Waals surface area contributed by atoms with Crippen molar-refractivity contribution in [3.8, 4) is 11.5 Å². The number of ketones is 2. The molecular weight excluding hydrogens is 416 g/mol. The Kier molecular flexibility index (Phi) is 5.24. The van der Waals surface area contributed by atoms with Gasteiger partial charge in [0.05, 0.1) is 11.6 Å². The van der Waals surface area contributed by atoms with Crippen LogP contribution in [0.4, 0.5) is 0 Å². The molecule has 0 atom stereocenters. The molecule has 31 heavy (non-hydrogen) atoms. The van der Waals surface area contributed by atoms with Crippen LogP contribution in [0, 0.1) is 10.8 Å². The van der Waals surface area contributed by atoms with Crippen molar-refractivity contribution < 1.29 is 24.2 Å². The van der Waals surface area contributed by atoms with Gasteiger partial charge < -0.3 is 14.6 Å². The topological polar surface area (TPSA) is 72.8 Å². The molecule has 0 saturated heterocycles. The SMILES string of the molecule is CCOc1cc(C2C3=C(CC(C)(C)CC3=O)OC3=C2C(=O)CC(C)(C)C3)cc(Cl)c1O. The van der Waals surface area contributed by atoms with Crippen LogP contribution in [0.15, 0.2) is 34.8 Å². The van der Waals surface area contributed by atoms with Crippen molar-refractivity contribution in [1.82, 2.24) is 0 Å². The molecule has 3 aliphatic rings. The molecule has 1 aliphatic heterocycles. The summed E-state index contributed by atoms with van der Waals surface area (Å²) in [6, 6.07) is 3.32. The lowest BCUT2D eigenvalue weighted by atomic mass is 9.65. The number of benzene rings is 1. The van der Waals surface area contributed by atoms with Crippen molar-refractivity contribution in [2.24, 2.45) is 10.8 Å². The Bertz CT molecular complexity index is 992. The van der Waals surface area contributed by atoms with Gasteiger partial charge in [0.1, 0.15) is 11.5 Å². The quantitative estimate of drug-likeness (QED) is 0.633. The summed E-state index contributed by atoms with van der Waals surface area (Å²) in [5, 5.41) is 10.4. The number of allylic oxidation sites excluding steroid dienone is 4. The number of Topliss-reactive ketones (excluding diaryl/α,β-unsaturated/α-hetero) is 2. The van der Waals surface area contributed by atoms with E-state index < -0.39 is 5.92 Å². The summed E-state index contributed by atoms with van der Waals surface area (Å²) in [5.41, 5.74) is 1.31. The van der Waals surface area contributed by atoms with E-state index in [-0.39, 0.29) is 38.9 Å². The van der Waals surface area contributed by atoms with Crippen molar-refractivity contribution >= 4 is 23.2 Å². The maximum Gasteiger partial charge on any atom is 0.176 e. The summed E-state index contributed by atoms with van der Waals surface area (Å²) in [6.07, 6.45) is 2.02. The highest BCUT2D eigenvalue weighted by atomic mass is 35.5. The fourth-order valence-corrected chi connectivity index (χ4v) is 5.25. The second-order valence-electron chi connectivity index (χ2n) is 10.4. The molecule has 2 aliphatic carbocycles. The van der Waals surface area contributed by atoms with Gasteiger partial charge >= 0.3 is 0 Å². The van der Waals surface area contributed by atoms with E-state index in [1.54, 1.807) is 12.1 Å². The van der Waals surface area contributed by atoms with Gasteiger partial charge in [0.25, 0.3) is 0 Å². The summed E-state index contributed by atoms with van der Waals surface area (Å²) in [5.74, 6) is 0.812. The minimum atomic E-state index is -0.566. The summed E-state index contributed by atoms with van der Waals surface area (Å²) in [6.45, 7) is 10.4. The van der Waals surface area contributed by atoms with Gasteiger partial charge in [-0.1, -0.05) is 39.3 Å². The van der Waals surface area contributed by atoms with Crippen molar-refractivity contribution in [2.45, 2.75) is 66.2 Å². The standard InChI is InChI=1S/C25H29ClO5/c1-6-30-17-8-13(7-14(26)23(17)29)20-21-15(27)9-24(2,3)11-18(21)31-19-12-25(4,5)10-16(28)22(19)20/h7-8,20,29H,6,9-12H2,1-5H3. The number of ether oxygens (including phenoxy) is 2. The highest BCUT2D eigenvalue weighted by Crippen LogP contribution is 2.54. The molecule has 0 unspecified atom stereocenters. The number of halogens is 1. The molecule has 4 rings (SSSR count). The van der Waals surface area contributed by atoms with Crippen molar-refractivity contribution in [3.63, 3.8) is 0 Å². The predicted octanol–water partition coefficient (Wildman–Crippen LogP) is 5.84. The van der Waals surface area contributed by atoms with Crippen LogP contribution < -0.4 is 4.74 Å². The Hall–Kier alpha value is -2.27. The number of hydrogen-bond acceptors (Lipinski definition) is 5. The summed E-state index contributed by atoms with van der Waals surface area (Å²) >= 11 is 6.32. The Morgan fingerprint density at radius 2 is 1.52 bits per heavy atom. The third-order valence-corrected chi connectivity index (χ3v) is 6.55. The first kappa shape index (κ1) is 21.9. The van der Waals surface area contributed by atoms with Gasteiger partial charge in [-0.15, -0.1) is 0 Å². The third kappa shape index (κ3) is 3.89. The van der Waals surface area contributed by atoms with E-state index in [1.165, 1.54) is 0 Å². The van der Waals surface area contributed by atoms with Gasteiger partial charge in [0.15, 0.2) is 23.1 Å². The van der Waals surface area contributed by atoms with Crippen LogP contribution in [0.5, 0.6) is 11.5 Å². The van der Waals surface area contributed by atoms with Crippen LogP contribution >= 0.6 is 11.6 Å². The summed E-state index contributed by atoms with van der Waals surface area (Å²) < 4.78 is 11.9. The van der Waals surface area contributed by atoms with Crippen molar-refractivity contribution in [1.29, 1.82) is 0 Å². The van der Waals surface area contributed by atoms with E-state index in [4.69, 9.17) is 21.1 Å². The van der Waals surface area contributed by atoms with Crippen LogP contribution in [0.3, 0.4) is 0 Å². The van der Waals surface area contributed by atoms with Gasteiger partial charge in [-0.2, -0.15) is 0 Å². The predicted molar refractivity (Wildman–Crippen MR) is 118 cm³/mol. The largest absolute Gasteiger partial charge is 0.503 e. The molecule has 5 nitrogen and oxygen atoms in total. The Balaban J connectivity index is 1.94. The fraction of sp³-hybridized carbons (Fsp3) is 0.520. The Morgan fingerprint density at radius 1 is 1.00 bits per heavy atom. The number of carbonyl (C=O) groups excluding carboxylic acids is 2. The molecule has 1 N–H and O–H groups in total. The average Bonchev–Trinajstić information content (AvgIpc) is 2.61. The Morgan fingerprint density at radius 3 is 2.00 bits per heavy atom. The number of hydrogen-bond donors (Lipinski definition) is 1. The lowest BCUT2D eigenvalue weighted by Crippen LogP contribution is -2.37. The van der Waals surface area contributed by atoms with Crippen molar-refractivity contribution in [2.75, 3.05) is 6.61 Å². The molecule has 0 fully saturated rings. The van der Waals surface area contributed by atoms with E-state index in [0.717, 1.165) is 0 Å². The van der Waals surface area contributed by atoms with E-state index in [2.05, 4.69) is 27.7 Å². The highest BCUT2D eigenvalue weighted by molar-refractivity contribution is 6.32. The molecule has 0 bridgehead atoms. The lowest BCUT2D eigenvalue weighted by Gasteiger charge is -2.42. The first-order chi connectivity index (χ1) is 14.4. The van der Waals surface area contributed by atoms with Crippen molar-refractivity contribution in [3.05, 3.63) is 45.4 Å². The molecule has 1 aromatic rings. The Labute approximate surface area is 188 Å². The number of aromatic hydroxyl groups is 1. The number of phenols is 1. The first-order valence-electron chi connectivity index (χ1n) is 10.8. The zero-order valence-corrected chi connectivity index (χ0v) is 19.5. The highest BCUT2D eigenvalue weighted by Gasteiger charge is 2.48. The van der Waals surface area contributed by atoms with E-state index >= 15 is 0 Å². The van der Waals surface area contributed by atoms with E-state index in [1.807, 2.05) is 6.92 Å². The molecule has 0 saturated carbocycles. The van der Waals surface area contributed by atoms with Crippen LogP contribution in [-0.4, -0.2) is 23.3 Å². The maximum atomic E-state index is 13.3. The zero-order valence-electron chi connectivity index (χ0n) is 18.7. The van der Waals surface area contributed by atoms with Crippen LogP contribution in [0.25, 0.3) is 0 Å². The average molecular weight is 445 g/mol. The number of phenolic OH excluding ortho intramolecular Hbond substituents is 1. The van der Waals surface area contributed by atoms with Crippen LogP contribution in [-0.2, 0) is 14.3 Å². The monoisotopic (exact) mass is 444 g/mol. The number of carbonyl (C=O) groups is 2. The molecule has 0 aromatic heterocycles. The molecule has 166 valence electrons. The van der Waals surface area contributed by atoms with E-state index in [9.17, 15) is 14.7 Å². The number of rotatable bonds is 3. The summed E-state index contributed by atoms with van der Waals surface area (Å²) in [4.78, 5) is 26.6. The fourth-order valence-electron chi connectivity index (χ4n) is 5.03. The van der Waals surface area contributed by atoms with Crippen LogP contribution in [0.2, 0.25) is 5.02 Å². The van der Waals surface area contributed by atoms with E-state index in [0.29, 0.717) is 60.5 Å².